The molecule has 0 atom stereocenters. The fourth-order valence-corrected chi connectivity index (χ4v) is 2.38. The molecule has 0 saturated carbocycles. The number of pyridine rings is 1. The highest BCUT2D eigenvalue weighted by Crippen LogP contribution is 2.22. The molecule has 0 amide bonds. The summed E-state index contributed by atoms with van der Waals surface area (Å²) in [7, 11) is 0. The van der Waals surface area contributed by atoms with Crippen LogP contribution in [-0.4, -0.2) is 8.80 Å². The second-order valence-corrected chi connectivity index (χ2v) is 4.06. The van der Waals surface area contributed by atoms with E-state index in [9.17, 15) is 0 Å². The van der Waals surface area contributed by atoms with Gasteiger partial charge < -0.3 is 8.80 Å². The van der Waals surface area contributed by atoms with Gasteiger partial charge in [-0.05, 0) is 24.3 Å². The van der Waals surface area contributed by atoms with Crippen molar-refractivity contribution in [3.05, 3.63) is 60.9 Å². The predicted molar refractivity (Wildman–Crippen MR) is 65.9 cm³/mol. The molecule has 1 aromatic carbocycles. The Kier molecular flexibility index (Phi) is 1.33. The molecule has 2 nitrogen and oxygen atoms in total. The second kappa shape index (κ2) is 2.67. The summed E-state index contributed by atoms with van der Waals surface area (Å²) in [6, 6.07) is 16.9. The zero-order valence-corrected chi connectivity index (χ0v) is 8.67. The van der Waals surface area contributed by atoms with Gasteiger partial charge in [0.05, 0.1) is 11.0 Å². The van der Waals surface area contributed by atoms with Crippen molar-refractivity contribution in [1.82, 2.24) is 8.80 Å². The van der Waals surface area contributed by atoms with Crippen LogP contribution in [0.3, 0.4) is 0 Å². The topological polar surface area (TPSA) is 8.82 Å². The fraction of sp³-hybridized carbons (Fsp3) is 0. The van der Waals surface area contributed by atoms with E-state index in [0.717, 1.165) is 0 Å². The maximum Gasteiger partial charge on any atom is 0.122 e. The molecule has 3 aromatic heterocycles. The van der Waals surface area contributed by atoms with Gasteiger partial charge in [0, 0.05) is 17.8 Å². The quantitative estimate of drug-likeness (QED) is 0.417. The van der Waals surface area contributed by atoms with Crippen LogP contribution in [0.25, 0.3) is 22.1 Å². The molecule has 4 rings (SSSR count). The molecule has 0 radical (unpaired) electrons. The lowest BCUT2D eigenvalue weighted by molar-refractivity contribution is 1.20. The Bertz CT molecular complexity index is 735. The van der Waals surface area contributed by atoms with E-state index in [1.807, 2.05) is 0 Å². The summed E-state index contributed by atoms with van der Waals surface area (Å²) < 4.78 is 4.45. The summed E-state index contributed by atoms with van der Waals surface area (Å²) in [4.78, 5) is 0. The Hall–Kier alpha value is -2.22. The number of hydrogen-bond acceptors (Lipinski definition) is 0. The summed E-state index contributed by atoms with van der Waals surface area (Å²) in [5, 5.41) is 1.29. The van der Waals surface area contributed by atoms with Gasteiger partial charge in [-0.25, -0.2) is 0 Å². The van der Waals surface area contributed by atoms with Crippen molar-refractivity contribution >= 4 is 22.1 Å². The summed E-state index contributed by atoms with van der Waals surface area (Å²) >= 11 is 0. The van der Waals surface area contributed by atoms with Crippen LogP contribution in [-0.2, 0) is 0 Å². The van der Waals surface area contributed by atoms with Gasteiger partial charge in [-0.1, -0.05) is 24.3 Å². The van der Waals surface area contributed by atoms with Crippen LogP contribution in [0.15, 0.2) is 60.9 Å². The van der Waals surface area contributed by atoms with Crippen LogP contribution >= 0.6 is 0 Å². The van der Waals surface area contributed by atoms with Gasteiger partial charge in [-0.2, -0.15) is 0 Å². The van der Waals surface area contributed by atoms with Gasteiger partial charge in [0.15, 0.2) is 0 Å². The average Bonchev–Trinajstić information content (AvgIpc) is 2.85. The first-order valence-corrected chi connectivity index (χ1v) is 5.39. The van der Waals surface area contributed by atoms with Crippen molar-refractivity contribution in [2.45, 2.75) is 0 Å². The lowest BCUT2D eigenvalue weighted by Gasteiger charge is -1.90. The van der Waals surface area contributed by atoms with Crippen molar-refractivity contribution < 1.29 is 0 Å². The molecule has 0 aliphatic heterocycles. The Morgan fingerprint density at radius 2 is 1.69 bits per heavy atom. The third kappa shape index (κ3) is 0.865. The number of nitrogens with zero attached hydrogens (tertiary/aromatic N) is 2. The van der Waals surface area contributed by atoms with Gasteiger partial charge in [0.25, 0.3) is 0 Å². The molecule has 4 aromatic rings. The molecule has 0 spiro atoms. The average molecular weight is 206 g/mol. The molecule has 2 heteroatoms. The molecule has 0 fully saturated rings. The summed E-state index contributed by atoms with van der Waals surface area (Å²) in [5.74, 6) is 0. The van der Waals surface area contributed by atoms with Gasteiger partial charge in [-0.3, -0.25) is 0 Å². The van der Waals surface area contributed by atoms with Crippen LogP contribution in [0.1, 0.15) is 0 Å². The van der Waals surface area contributed by atoms with Crippen LogP contribution in [0.4, 0.5) is 0 Å². The van der Waals surface area contributed by atoms with Crippen molar-refractivity contribution in [3.63, 3.8) is 0 Å². The highest BCUT2D eigenvalue weighted by molar-refractivity contribution is 5.87. The lowest BCUT2D eigenvalue weighted by atomic mass is 10.2. The number of rotatable bonds is 0. The largest absolute Gasteiger partial charge is 0.301 e. The van der Waals surface area contributed by atoms with Crippen molar-refractivity contribution in [1.29, 1.82) is 0 Å². The van der Waals surface area contributed by atoms with Gasteiger partial charge in [-0.15, -0.1) is 0 Å². The maximum absolute atomic E-state index is 2.24. The van der Waals surface area contributed by atoms with Crippen LogP contribution in [0, 0.1) is 0 Å². The van der Waals surface area contributed by atoms with Crippen molar-refractivity contribution in [2.75, 3.05) is 0 Å². The number of para-hydroxylation sites is 1. The third-order valence-corrected chi connectivity index (χ3v) is 3.13. The minimum Gasteiger partial charge on any atom is -0.301 e. The van der Waals surface area contributed by atoms with Crippen LogP contribution in [0.5, 0.6) is 0 Å². The Labute approximate surface area is 92.3 Å². The van der Waals surface area contributed by atoms with Crippen molar-refractivity contribution in [2.24, 2.45) is 0 Å². The summed E-state index contributed by atoms with van der Waals surface area (Å²) in [6.45, 7) is 0. The number of benzene rings is 1. The Morgan fingerprint density at radius 3 is 2.69 bits per heavy atom. The Balaban J connectivity index is 2.35. The van der Waals surface area contributed by atoms with E-state index in [2.05, 4.69) is 69.7 Å². The summed E-state index contributed by atoms with van der Waals surface area (Å²) in [6.07, 6.45) is 4.28. The smallest absolute Gasteiger partial charge is 0.122 e. The monoisotopic (exact) mass is 206 g/mol. The minimum atomic E-state index is 1.22. The van der Waals surface area contributed by atoms with Gasteiger partial charge >= 0.3 is 0 Å². The standard InChI is InChI=1S/C14H10N2/c1-2-7-13-11(5-1)9-14-15-8-4-3-6-12(15)10-16(13)14/h1-10H. The van der Waals surface area contributed by atoms with E-state index < -0.39 is 0 Å². The van der Waals surface area contributed by atoms with Crippen LogP contribution in [0.2, 0.25) is 0 Å². The van der Waals surface area contributed by atoms with E-state index in [-0.39, 0.29) is 0 Å². The highest BCUT2D eigenvalue weighted by Gasteiger charge is 2.05. The molecule has 0 aliphatic carbocycles. The first-order valence-electron chi connectivity index (χ1n) is 5.39. The maximum atomic E-state index is 2.24. The van der Waals surface area contributed by atoms with Gasteiger partial charge in [0.1, 0.15) is 5.65 Å². The SMILES string of the molecule is c1ccc2c(c1)cc1n3ccccc3cn21. The van der Waals surface area contributed by atoms with E-state index in [4.69, 9.17) is 0 Å². The second-order valence-electron chi connectivity index (χ2n) is 4.06. The molecule has 0 unspecified atom stereocenters. The molecular formula is C14H10N2. The summed E-state index contributed by atoms with van der Waals surface area (Å²) in [5.41, 5.74) is 3.71. The zero-order chi connectivity index (χ0) is 10.5. The van der Waals surface area contributed by atoms with E-state index in [1.165, 1.54) is 22.1 Å². The number of aromatic nitrogens is 2. The zero-order valence-electron chi connectivity index (χ0n) is 8.67. The minimum absolute atomic E-state index is 1.22. The molecule has 0 aliphatic rings. The molecule has 0 bridgehead atoms. The highest BCUT2D eigenvalue weighted by atomic mass is 15.1. The van der Waals surface area contributed by atoms with E-state index >= 15 is 0 Å². The third-order valence-electron chi connectivity index (χ3n) is 3.13. The molecular weight excluding hydrogens is 196 g/mol. The van der Waals surface area contributed by atoms with Gasteiger partial charge in [0.2, 0.25) is 0 Å². The number of fused-ring (bicyclic) bond motifs is 5. The fourth-order valence-electron chi connectivity index (χ4n) is 2.38. The first-order chi connectivity index (χ1) is 7.93. The predicted octanol–water partition coefficient (Wildman–Crippen LogP) is 3.35. The number of imidazole rings is 1. The van der Waals surface area contributed by atoms with E-state index in [1.54, 1.807) is 0 Å². The normalized spacial score (nSPS) is 11.8. The Morgan fingerprint density at radius 1 is 0.812 bits per heavy atom. The molecule has 0 N–H and O–H groups in total. The number of hydrogen-bond donors (Lipinski definition) is 0. The molecule has 3 heterocycles. The molecule has 16 heavy (non-hydrogen) atoms. The lowest BCUT2D eigenvalue weighted by Crippen LogP contribution is -1.80. The molecule has 0 saturated heterocycles. The first kappa shape index (κ1) is 7.99. The van der Waals surface area contributed by atoms with Crippen LogP contribution < -0.4 is 0 Å². The molecule has 76 valence electrons. The van der Waals surface area contributed by atoms with E-state index in [0.29, 0.717) is 0 Å². The van der Waals surface area contributed by atoms with Crippen molar-refractivity contribution in [3.8, 4) is 0 Å².